The maximum atomic E-state index is 13.5. The topological polar surface area (TPSA) is 465 Å². The van der Waals surface area contributed by atoms with E-state index in [1.807, 2.05) is 143 Å². The average molecular weight is 2240 g/mol. The quantitative estimate of drug-likeness (QED) is 0.0162. The van der Waals surface area contributed by atoms with Crippen LogP contribution in [0.15, 0.2) is 239 Å². The van der Waals surface area contributed by atoms with Gasteiger partial charge in [-0.15, -0.1) is 0 Å². The Balaban J connectivity index is 0.000000218. The molecular formula is C104H116B2Br3FLiN12O24S. The summed E-state index contributed by atoms with van der Waals surface area (Å²) in [6.07, 6.45) is 17.6. The summed E-state index contributed by atoms with van der Waals surface area (Å²) in [5.74, 6) is 1.23. The molecule has 20 rings (SSSR count). The van der Waals surface area contributed by atoms with E-state index in [2.05, 4.69) is 107 Å². The second-order valence-corrected chi connectivity index (χ2v) is 41.2. The number of hydrogen-bond acceptors (Lipinski definition) is 31. The Labute approximate surface area is 895 Å². The fourth-order valence-electron chi connectivity index (χ4n) is 16.3. The smallest absolute Gasteiger partial charge is 1.00 e. The number of hydrogen-bond donors (Lipinski definition) is 6. The van der Waals surface area contributed by atoms with Crippen LogP contribution in [0.1, 0.15) is 135 Å². The number of carboxylic acids is 1. The molecule has 6 aromatic carbocycles. The summed E-state index contributed by atoms with van der Waals surface area (Å²) < 4.78 is 92.7. The van der Waals surface area contributed by atoms with E-state index in [-0.39, 0.29) is 95.5 Å². The molecule has 777 valence electrons. The molecule has 9 aromatic heterocycles. The summed E-state index contributed by atoms with van der Waals surface area (Å²) in [5, 5.41) is 56.4. The Morgan fingerprint density at radius 2 is 0.831 bits per heavy atom. The van der Waals surface area contributed by atoms with Crippen LogP contribution < -0.4 is 70.2 Å². The molecule has 3 radical (unpaired) electrons. The number of ether oxygens (including phenoxy) is 10. The van der Waals surface area contributed by atoms with Crippen LogP contribution in [-0.2, 0) is 65.4 Å². The summed E-state index contributed by atoms with van der Waals surface area (Å²) in [6.45, 7) is 12.3. The number of aliphatic hydroxyl groups is 4. The molecule has 0 bridgehead atoms. The largest absolute Gasteiger partial charge is 1.00 e. The third kappa shape index (κ3) is 31.8. The summed E-state index contributed by atoms with van der Waals surface area (Å²) in [5.41, 5.74) is 7.51. The van der Waals surface area contributed by atoms with E-state index in [0.717, 1.165) is 90.2 Å². The monoisotopic (exact) mass is 2230 g/mol. The van der Waals surface area contributed by atoms with Crippen molar-refractivity contribution < 1.29 is 122 Å². The minimum Gasteiger partial charge on any atom is -1.00 e. The third-order valence-electron chi connectivity index (χ3n) is 24.4. The second-order valence-electron chi connectivity index (χ2n) is 34.1. The number of benzene rings is 6. The number of aromatic nitrogens is 12. The van der Waals surface area contributed by atoms with E-state index in [1.54, 1.807) is 99.5 Å². The number of methoxy groups -OCH3 is 6. The number of carboxylic acid groups (broad SMARTS) is 1. The first kappa shape index (κ1) is 118. The zero-order chi connectivity index (χ0) is 106. The van der Waals surface area contributed by atoms with Gasteiger partial charge < -0.3 is 88.6 Å². The average Bonchev–Trinajstić information content (AvgIpc) is 1.42. The number of rotatable bonds is 17. The molecule has 0 spiro atoms. The predicted octanol–water partition coefficient (Wildman–Crippen LogP) is 10.9. The van der Waals surface area contributed by atoms with E-state index in [9.17, 15) is 52.7 Å². The Kier molecular flexibility index (Phi) is 46.9. The minimum atomic E-state index is -1.09. The standard InChI is InChI=1S/2C24H23N3O4.C23H27BN2O5.C8H9NO3.C7H8BrNO.C7H9NO2.C6H5NO3.C4H8O.CH3F.B.Br2OS.Li.H/c2*1-30-22-11-15(6-8-25-22)10-16-12-19-23(18-5-3-2-4-17(16)18)26-14-27(24(19)29)20-7-9-31-13-21(20)28;1-22(2)23(3,4)31-24(30-22)17-11-16-20(15-8-6-5-7-14(15)17)25-13-26(21(16)28)18-9-10-29-12-19(18)27;1-11-7-5-6(3-4-9-7)8(10)12-2;1-10-7-4-6(5-8)2-3-9-7;1-10-7-4-6(5-9)2-3-8-7;8-5-3-4(6(9)10)1-2-7-5;1-2-4-5-3-1;1-2;;1-4(2)3;;/h2*2-6,8,11-12,14,20-21,28H,7,9-10,13H2,1H3;5-8,11,13,18-19,27H,9-10,12H2,1-4H3;3-5H,1-2H3;2-4H,5H2,1H3;2-4,9H,5H2,1H3;1-3H,(H,7,8)(H,9,10);1-4H2;1H3;;;;/q;;;;;;;;;;;+1;-1/t2*20-,21-;18-,19-;;;;;;;;;;/m000........../s1/i;;;;;;;;1D;;;;. The van der Waals surface area contributed by atoms with Crippen molar-refractivity contribution in [2.24, 2.45) is 0 Å². The van der Waals surface area contributed by atoms with Crippen LogP contribution in [0.2, 0.25) is 0 Å². The summed E-state index contributed by atoms with van der Waals surface area (Å²) in [6, 6.07) is 48.9. The number of carbonyl (C=O) groups excluding carboxylic acids is 1. The van der Waals surface area contributed by atoms with Gasteiger partial charge in [-0.2, -0.15) is 0 Å². The number of alkyl halides is 2. The molecule has 6 N–H and O–H groups in total. The molecule has 36 nitrogen and oxygen atoms in total. The van der Waals surface area contributed by atoms with Crippen molar-refractivity contribution in [3.63, 3.8) is 0 Å². The normalized spacial score (nSPS) is 17.1. The summed E-state index contributed by atoms with van der Waals surface area (Å²) in [7, 11) is 6.58. The molecule has 5 fully saturated rings. The van der Waals surface area contributed by atoms with Gasteiger partial charge in [0.15, 0.2) is 7.67 Å². The van der Waals surface area contributed by atoms with Crippen molar-refractivity contribution >= 4 is 151 Å². The van der Waals surface area contributed by atoms with Crippen LogP contribution in [0.4, 0.5) is 4.39 Å². The Morgan fingerprint density at radius 3 is 1.18 bits per heavy atom. The number of aromatic amines is 1. The number of halogens is 4. The van der Waals surface area contributed by atoms with Crippen molar-refractivity contribution in [1.29, 1.82) is 0 Å². The van der Waals surface area contributed by atoms with Crippen molar-refractivity contribution in [2.75, 3.05) is 103 Å². The number of pyridine rings is 6. The molecule has 5 saturated heterocycles. The Morgan fingerprint density at radius 1 is 0.486 bits per heavy atom. The number of esters is 1. The van der Waals surface area contributed by atoms with Gasteiger partial charge >= 0.3 is 37.9 Å². The first-order valence-electron chi connectivity index (χ1n) is 46.8. The van der Waals surface area contributed by atoms with Gasteiger partial charge in [-0.25, -0.2) is 53.7 Å². The molecule has 5 aliphatic rings. The van der Waals surface area contributed by atoms with Gasteiger partial charge in [-0.3, -0.25) is 37.3 Å². The number of nitrogens with zero attached hydrogens (tertiary/aromatic N) is 11. The number of H-pyrrole nitrogens is 1. The summed E-state index contributed by atoms with van der Waals surface area (Å²) in [4.78, 5) is 108. The van der Waals surface area contributed by atoms with E-state index < -0.39 is 69.0 Å². The third-order valence-corrected chi connectivity index (χ3v) is 25.1. The van der Waals surface area contributed by atoms with Crippen molar-refractivity contribution in [3.8, 4) is 29.4 Å². The van der Waals surface area contributed by atoms with E-state index in [1.165, 1.54) is 61.7 Å². The fourth-order valence-corrected chi connectivity index (χ4v) is 16.7. The molecular weight excluding hydrogens is 2120 g/mol. The van der Waals surface area contributed by atoms with E-state index >= 15 is 0 Å². The fraction of sp³-hybridized carbons (Fsp3) is 0.346. The summed E-state index contributed by atoms with van der Waals surface area (Å²) >= 11 is 8.66. The molecule has 6 atom stereocenters. The number of carbonyl (C=O) groups is 2. The zero-order valence-electron chi connectivity index (χ0n) is 85.5. The SMILES string of the molecule is C1CCOC1.CC1(C)OB(c2cc3c(=O)n([C@H]4CCOC[C@@H]4O)cnc3c3ccccc23)OC1(C)C.COC(=O)c1ccnc(OC)c1.COc1cc(CBr)ccn1.COc1cc(CO)ccn1.COc1cc(Cc2cc3c(=O)n([C@H]4CCOC[C@@H]4O)cnc3c3ccccc23)ccn1.COc1cc(Cc2cc3c(=O)n([C@H]4CCOC[C@@H]4O)cnc3c3ccccc23)ccn1.O=C(O)c1cc[nH]c(=O)c1.O=S(Br)Br.[2H]CF.[B].[H-].[Li+]. The molecule has 5 aliphatic heterocycles. The van der Waals surface area contributed by atoms with Crippen LogP contribution in [0, 0.1) is 0 Å². The molecule has 0 aliphatic carbocycles. The van der Waals surface area contributed by atoms with Gasteiger partial charge in [0.2, 0.25) is 35.0 Å². The molecule has 0 unspecified atom stereocenters. The molecule has 14 heterocycles. The van der Waals surface area contributed by atoms with E-state index in [0.29, 0.717) is 120 Å². The molecule has 15 aromatic rings. The minimum absolute atomic E-state index is 0. The Hall–Kier alpha value is -12.0. The van der Waals surface area contributed by atoms with Crippen LogP contribution in [0.5, 0.6) is 29.4 Å². The van der Waals surface area contributed by atoms with Gasteiger partial charge in [-0.1, -0.05) is 88.7 Å². The predicted molar refractivity (Wildman–Crippen MR) is 571 cm³/mol. The molecule has 0 saturated carbocycles. The van der Waals surface area contributed by atoms with Crippen LogP contribution in [-0.4, -0.2) is 248 Å². The van der Waals surface area contributed by atoms with Gasteiger partial charge in [0, 0.05) is 166 Å². The molecule has 44 heteroatoms. The zero-order valence-corrected chi connectivity index (χ0v) is 89.0. The van der Waals surface area contributed by atoms with Gasteiger partial charge in [0.25, 0.3) is 16.7 Å². The van der Waals surface area contributed by atoms with Crippen molar-refractivity contribution in [3.05, 3.63) is 306 Å². The van der Waals surface area contributed by atoms with Gasteiger partial charge in [0.1, 0.15) is 0 Å². The van der Waals surface area contributed by atoms with Crippen LogP contribution in [0.3, 0.4) is 0 Å². The number of nitrogens with one attached hydrogen (secondary N) is 1. The molecule has 0 amide bonds. The van der Waals surface area contributed by atoms with Crippen LogP contribution >= 0.6 is 45.6 Å². The van der Waals surface area contributed by atoms with Crippen molar-refractivity contribution in [1.82, 2.24) is 58.6 Å². The van der Waals surface area contributed by atoms with Crippen molar-refractivity contribution in [2.45, 2.75) is 132 Å². The first-order valence-corrected chi connectivity index (χ1v) is 52.0. The van der Waals surface area contributed by atoms with Crippen LogP contribution in [0.25, 0.3) is 65.0 Å². The number of aliphatic hydroxyl groups excluding tert-OH is 4. The Bertz CT molecular complexity index is 6930. The van der Waals surface area contributed by atoms with Gasteiger partial charge in [0.05, 0.1) is 188 Å². The molecule has 148 heavy (non-hydrogen) atoms. The number of aromatic carboxylic acids is 1. The number of fused-ring (bicyclic) bond motifs is 9. The maximum Gasteiger partial charge on any atom is 1.00 e. The second kappa shape index (κ2) is 58.8. The maximum absolute atomic E-state index is 13.5. The van der Waals surface area contributed by atoms with Gasteiger partial charge in [-0.05, 0) is 182 Å². The first-order chi connectivity index (χ1) is 70.8. The van der Waals surface area contributed by atoms with E-state index in [4.69, 9.17) is 63.5 Å².